The third-order valence-electron chi connectivity index (χ3n) is 1.96. The van der Waals surface area contributed by atoms with Crippen LogP contribution in [0, 0.1) is 0 Å². The SMILES string of the molecule is CCCNC(=O)NS(=O)(=O)c1ccc(Cl)c(Cl)c1. The van der Waals surface area contributed by atoms with Gasteiger partial charge in [0.1, 0.15) is 0 Å². The molecule has 0 spiro atoms. The quantitative estimate of drug-likeness (QED) is 0.896. The Bertz CT molecular complexity index is 546. The summed E-state index contributed by atoms with van der Waals surface area (Å²) in [6, 6.07) is 3.02. The minimum Gasteiger partial charge on any atom is -0.337 e. The fourth-order valence-corrected chi connectivity index (χ4v) is 2.42. The zero-order valence-corrected chi connectivity index (χ0v) is 11.9. The highest BCUT2D eigenvalue weighted by molar-refractivity contribution is 7.90. The zero-order valence-electron chi connectivity index (χ0n) is 9.54. The van der Waals surface area contributed by atoms with Crippen molar-refractivity contribution in [2.24, 2.45) is 0 Å². The molecular weight excluding hydrogens is 299 g/mol. The number of amides is 2. The molecular formula is C10H12Cl2N2O3S. The Morgan fingerprint density at radius 1 is 1.28 bits per heavy atom. The molecule has 1 rings (SSSR count). The zero-order chi connectivity index (χ0) is 13.8. The fourth-order valence-electron chi connectivity index (χ4n) is 1.10. The average molecular weight is 311 g/mol. The van der Waals surface area contributed by atoms with E-state index in [0.717, 1.165) is 0 Å². The van der Waals surface area contributed by atoms with Crippen molar-refractivity contribution in [3.05, 3.63) is 28.2 Å². The Hall–Kier alpha value is -0.980. The second kappa shape index (κ2) is 6.26. The number of sulfonamides is 1. The molecule has 0 radical (unpaired) electrons. The minimum absolute atomic E-state index is 0.105. The highest BCUT2D eigenvalue weighted by Gasteiger charge is 2.18. The van der Waals surface area contributed by atoms with E-state index in [0.29, 0.717) is 13.0 Å². The van der Waals surface area contributed by atoms with Gasteiger partial charge < -0.3 is 5.32 Å². The molecule has 18 heavy (non-hydrogen) atoms. The van der Waals surface area contributed by atoms with Gasteiger partial charge in [-0.3, -0.25) is 0 Å². The number of benzene rings is 1. The first-order chi connectivity index (χ1) is 8.36. The summed E-state index contributed by atoms with van der Waals surface area (Å²) in [6.07, 6.45) is 0.709. The van der Waals surface area contributed by atoms with Crippen LogP contribution in [0.25, 0.3) is 0 Å². The van der Waals surface area contributed by atoms with E-state index in [1.54, 1.807) is 0 Å². The molecule has 0 saturated heterocycles. The summed E-state index contributed by atoms with van der Waals surface area (Å²) in [5.41, 5.74) is 0. The van der Waals surface area contributed by atoms with Gasteiger partial charge in [-0.05, 0) is 24.6 Å². The number of urea groups is 1. The lowest BCUT2D eigenvalue weighted by atomic mass is 10.4. The first kappa shape index (κ1) is 15.1. The molecule has 0 fully saturated rings. The molecule has 0 atom stereocenters. The highest BCUT2D eigenvalue weighted by Crippen LogP contribution is 2.24. The van der Waals surface area contributed by atoms with E-state index in [1.165, 1.54) is 18.2 Å². The third-order valence-corrected chi connectivity index (χ3v) is 4.03. The second-order valence-electron chi connectivity index (χ2n) is 3.44. The van der Waals surface area contributed by atoms with Gasteiger partial charge in [0.25, 0.3) is 10.0 Å². The van der Waals surface area contributed by atoms with Crippen LogP contribution < -0.4 is 10.0 Å². The average Bonchev–Trinajstić information content (AvgIpc) is 2.29. The molecule has 0 aromatic heterocycles. The number of rotatable bonds is 4. The van der Waals surface area contributed by atoms with Gasteiger partial charge in [0.2, 0.25) is 0 Å². The molecule has 1 aromatic rings. The second-order valence-corrected chi connectivity index (χ2v) is 5.93. The van der Waals surface area contributed by atoms with Gasteiger partial charge in [0.15, 0.2) is 0 Å². The predicted octanol–water partition coefficient (Wildman–Crippen LogP) is 2.39. The summed E-state index contributed by atoms with van der Waals surface area (Å²) < 4.78 is 25.5. The predicted molar refractivity (Wildman–Crippen MR) is 70.5 cm³/mol. The van der Waals surface area contributed by atoms with Crippen LogP contribution in [0.4, 0.5) is 4.79 Å². The monoisotopic (exact) mass is 310 g/mol. The molecule has 8 heteroatoms. The molecule has 100 valence electrons. The number of hydrogen-bond acceptors (Lipinski definition) is 3. The number of halogens is 2. The van der Waals surface area contributed by atoms with Gasteiger partial charge in [-0.25, -0.2) is 17.9 Å². The van der Waals surface area contributed by atoms with E-state index in [4.69, 9.17) is 23.2 Å². The molecule has 0 aliphatic heterocycles. The molecule has 5 nitrogen and oxygen atoms in total. The molecule has 0 aliphatic carbocycles. The van der Waals surface area contributed by atoms with Crippen LogP contribution in [0.15, 0.2) is 23.1 Å². The summed E-state index contributed by atoms with van der Waals surface area (Å²) >= 11 is 11.4. The smallest absolute Gasteiger partial charge is 0.328 e. The Labute approximate surface area is 116 Å². The normalized spacial score (nSPS) is 11.1. The Morgan fingerprint density at radius 2 is 1.94 bits per heavy atom. The van der Waals surface area contributed by atoms with Gasteiger partial charge in [-0.2, -0.15) is 0 Å². The van der Waals surface area contributed by atoms with Crippen molar-refractivity contribution < 1.29 is 13.2 Å². The van der Waals surface area contributed by atoms with Crippen molar-refractivity contribution in [3.8, 4) is 0 Å². The summed E-state index contributed by atoms with van der Waals surface area (Å²) in [5.74, 6) is 0. The van der Waals surface area contributed by atoms with Crippen LogP contribution in [0.5, 0.6) is 0 Å². The van der Waals surface area contributed by atoms with Crippen LogP contribution in [-0.4, -0.2) is 21.0 Å². The van der Waals surface area contributed by atoms with Gasteiger partial charge in [-0.1, -0.05) is 30.1 Å². The van der Waals surface area contributed by atoms with E-state index in [2.05, 4.69) is 5.32 Å². The maximum atomic E-state index is 11.8. The number of nitrogens with one attached hydrogen (secondary N) is 2. The summed E-state index contributed by atoms with van der Waals surface area (Å²) in [5, 5.41) is 2.74. The van der Waals surface area contributed by atoms with E-state index in [9.17, 15) is 13.2 Å². The van der Waals surface area contributed by atoms with Gasteiger partial charge in [0, 0.05) is 6.54 Å². The lowest BCUT2D eigenvalue weighted by Crippen LogP contribution is -2.39. The topological polar surface area (TPSA) is 75.3 Å². The van der Waals surface area contributed by atoms with Crippen molar-refractivity contribution in [2.45, 2.75) is 18.2 Å². The molecule has 1 aromatic carbocycles. The van der Waals surface area contributed by atoms with Crippen molar-refractivity contribution >= 4 is 39.3 Å². The third kappa shape index (κ3) is 4.04. The molecule has 0 bridgehead atoms. The maximum absolute atomic E-state index is 11.8. The largest absolute Gasteiger partial charge is 0.337 e. The number of carbonyl (C=O) groups excluding carboxylic acids is 1. The van der Waals surface area contributed by atoms with Gasteiger partial charge >= 0.3 is 6.03 Å². The molecule has 0 unspecified atom stereocenters. The summed E-state index contributed by atoms with van der Waals surface area (Å²) in [7, 11) is -3.93. The lowest BCUT2D eigenvalue weighted by Gasteiger charge is -2.08. The highest BCUT2D eigenvalue weighted by atomic mass is 35.5. The molecule has 2 N–H and O–H groups in total. The van der Waals surface area contributed by atoms with E-state index >= 15 is 0 Å². The Balaban J connectivity index is 2.86. The molecule has 0 heterocycles. The van der Waals surface area contributed by atoms with Gasteiger partial charge in [-0.15, -0.1) is 0 Å². The van der Waals surface area contributed by atoms with Crippen molar-refractivity contribution in [3.63, 3.8) is 0 Å². The van der Waals surface area contributed by atoms with Gasteiger partial charge in [0.05, 0.1) is 14.9 Å². The summed E-state index contributed by atoms with van der Waals surface area (Å²) in [4.78, 5) is 11.2. The van der Waals surface area contributed by atoms with Crippen LogP contribution in [0.2, 0.25) is 10.0 Å². The van der Waals surface area contributed by atoms with Crippen LogP contribution in [-0.2, 0) is 10.0 Å². The Morgan fingerprint density at radius 3 is 2.50 bits per heavy atom. The first-order valence-electron chi connectivity index (χ1n) is 5.12. The summed E-state index contributed by atoms with van der Waals surface area (Å²) in [6.45, 7) is 2.25. The maximum Gasteiger partial charge on any atom is 0.328 e. The van der Waals surface area contributed by atoms with E-state index < -0.39 is 16.1 Å². The van der Waals surface area contributed by atoms with Crippen LogP contribution in [0.3, 0.4) is 0 Å². The van der Waals surface area contributed by atoms with E-state index in [-0.39, 0.29) is 14.9 Å². The number of carbonyl (C=O) groups is 1. The first-order valence-corrected chi connectivity index (χ1v) is 7.36. The van der Waals surface area contributed by atoms with Crippen molar-refractivity contribution in [2.75, 3.05) is 6.54 Å². The standard InChI is InChI=1S/C10H12Cl2N2O3S/c1-2-5-13-10(15)14-18(16,17)7-3-4-8(11)9(12)6-7/h3-4,6H,2,5H2,1H3,(H2,13,14,15). The molecule has 0 saturated carbocycles. The fraction of sp³-hybridized carbons (Fsp3) is 0.300. The lowest BCUT2D eigenvalue weighted by molar-refractivity contribution is 0.246. The van der Waals surface area contributed by atoms with Crippen LogP contribution in [0.1, 0.15) is 13.3 Å². The van der Waals surface area contributed by atoms with E-state index in [1.807, 2.05) is 11.6 Å². The van der Waals surface area contributed by atoms with Crippen LogP contribution >= 0.6 is 23.2 Å². The Kier molecular flexibility index (Phi) is 5.25. The van der Waals surface area contributed by atoms with Crippen molar-refractivity contribution in [1.82, 2.24) is 10.0 Å². The van der Waals surface area contributed by atoms with Crippen molar-refractivity contribution in [1.29, 1.82) is 0 Å². The number of hydrogen-bond donors (Lipinski definition) is 2. The molecule has 0 aliphatic rings. The molecule has 2 amide bonds. The minimum atomic E-state index is -3.93.